The van der Waals surface area contributed by atoms with Gasteiger partial charge in [0.2, 0.25) is 0 Å². The second-order valence-corrected chi connectivity index (χ2v) is 4.45. The number of hydrogen-bond donors (Lipinski definition) is 4. The number of nitrogens with one attached hydrogen (secondary N) is 3. The quantitative estimate of drug-likeness (QED) is 0.620. The Labute approximate surface area is 114 Å². The second-order valence-electron chi connectivity index (χ2n) is 4.45. The fraction of sp³-hybridized carbons (Fsp3) is 0.333. The van der Waals surface area contributed by atoms with Crippen LogP contribution >= 0.6 is 0 Å². The average molecular weight is 277 g/mol. The number of aryl methyl sites for hydroxylation is 2. The molecule has 8 heteroatoms. The van der Waals surface area contributed by atoms with Gasteiger partial charge in [-0.1, -0.05) is 0 Å². The van der Waals surface area contributed by atoms with Crippen LogP contribution in [0.4, 0.5) is 0 Å². The molecule has 0 aromatic carbocycles. The molecular weight excluding hydrogens is 262 g/mol. The Morgan fingerprint density at radius 3 is 2.70 bits per heavy atom. The molecule has 0 aliphatic heterocycles. The number of carboxylic acid groups (broad SMARTS) is 1. The van der Waals surface area contributed by atoms with Crippen molar-refractivity contribution in [2.75, 3.05) is 0 Å². The third-order valence-corrected chi connectivity index (χ3v) is 2.94. The summed E-state index contributed by atoms with van der Waals surface area (Å²) in [7, 11) is 0. The summed E-state index contributed by atoms with van der Waals surface area (Å²) in [6.07, 6.45) is 3.12. The van der Waals surface area contributed by atoms with Crippen molar-refractivity contribution < 1.29 is 14.7 Å². The number of H-pyrrole nitrogens is 2. The normalized spacial score (nSPS) is 12.1. The van der Waals surface area contributed by atoms with Crippen LogP contribution < -0.4 is 5.32 Å². The molecule has 0 unspecified atom stereocenters. The van der Waals surface area contributed by atoms with E-state index < -0.39 is 17.9 Å². The number of aromatic nitrogens is 4. The van der Waals surface area contributed by atoms with Crippen LogP contribution in [-0.4, -0.2) is 43.2 Å². The van der Waals surface area contributed by atoms with E-state index in [0.717, 1.165) is 0 Å². The van der Waals surface area contributed by atoms with Crippen molar-refractivity contribution in [3.05, 3.63) is 35.2 Å². The van der Waals surface area contributed by atoms with Crippen LogP contribution in [0.5, 0.6) is 0 Å². The summed E-state index contributed by atoms with van der Waals surface area (Å²) >= 11 is 0. The van der Waals surface area contributed by atoms with Gasteiger partial charge in [-0.15, -0.1) is 0 Å². The number of imidazole rings is 1. The van der Waals surface area contributed by atoms with Gasteiger partial charge in [0.15, 0.2) is 0 Å². The van der Waals surface area contributed by atoms with Gasteiger partial charge in [0, 0.05) is 24.0 Å². The predicted octanol–water partition coefficient (Wildman–Crippen LogP) is 0.175. The number of carboxylic acids is 1. The van der Waals surface area contributed by atoms with Crippen molar-refractivity contribution in [3.8, 4) is 0 Å². The molecule has 8 nitrogen and oxygen atoms in total. The van der Waals surface area contributed by atoms with E-state index in [1.165, 1.54) is 12.5 Å². The first-order valence-electron chi connectivity index (χ1n) is 6.01. The maximum absolute atomic E-state index is 12.1. The minimum atomic E-state index is -1.10. The van der Waals surface area contributed by atoms with Crippen molar-refractivity contribution in [2.24, 2.45) is 0 Å². The predicted molar refractivity (Wildman–Crippen MR) is 69.2 cm³/mol. The highest BCUT2D eigenvalue weighted by Gasteiger charge is 2.24. The molecule has 2 aromatic heterocycles. The molecule has 0 saturated heterocycles. The molecule has 0 aliphatic carbocycles. The van der Waals surface area contributed by atoms with Gasteiger partial charge in [-0.05, 0) is 13.8 Å². The molecule has 1 amide bonds. The van der Waals surface area contributed by atoms with Crippen LogP contribution in [0.2, 0.25) is 0 Å². The number of amides is 1. The van der Waals surface area contributed by atoms with Gasteiger partial charge in [0.25, 0.3) is 5.91 Å². The van der Waals surface area contributed by atoms with E-state index >= 15 is 0 Å². The zero-order chi connectivity index (χ0) is 14.7. The van der Waals surface area contributed by atoms with Crippen molar-refractivity contribution in [1.82, 2.24) is 25.5 Å². The van der Waals surface area contributed by atoms with Crippen molar-refractivity contribution >= 4 is 11.9 Å². The molecule has 0 saturated carbocycles. The Morgan fingerprint density at radius 2 is 2.20 bits per heavy atom. The molecule has 0 radical (unpaired) electrons. The molecule has 2 rings (SSSR count). The van der Waals surface area contributed by atoms with Gasteiger partial charge >= 0.3 is 5.97 Å². The first kappa shape index (κ1) is 13.8. The summed E-state index contributed by atoms with van der Waals surface area (Å²) in [6.45, 7) is 3.39. The monoisotopic (exact) mass is 277 g/mol. The molecule has 0 fully saturated rings. The Morgan fingerprint density at radius 1 is 1.45 bits per heavy atom. The summed E-state index contributed by atoms with van der Waals surface area (Å²) in [5.41, 5.74) is 2.15. The van der Waals surface area contributed by atoms with Gasteiger partial charge in [-0.2, -0.15) is 5.10 Å². The number of rotatable bonds is 5. The van der Waals surface area contributed by atoms with Crippen LogP contribution in [-0.2, 0) is 11.2 Å². The van der Waals surface area contributed by atoms with E-state index in [9.17, 15) is 14.7 Å². The Hall–Kier alpha value is -2.64. The summed E-state index contributed by atoms with van der Waals surface area (Å²) in [5, 5.41) is 18.3. The zero-order valence-corrected chi connectivity index (χ0v) is 11.1. The van der Waals surface area contributed by atoms with Gasteiger partial charge in [-0.3, -0.25) is 9.89 Å². The van der Waals surface area contributed by atoms with E-state index in [4.69, 9.17) is 0 Å². The fourth-order valence-electron chi connectivity index (χ4n) is 1.93. The first-order valence-corrected chi connectivity index (χ1v) is 6.01. The number of carbonyl (C=O) groups is 2. The van der Waals surface area contributed by atoms with E-state index in [1.54, 1.807) is 13.8 Å². The van der Waals surface area contributed by atoms with Crippen LogP contribution in [0.25, 0.3) is 0 Å². The summed E-state index contributed by atoms with van der Waals surface area (Å²) in [6, 6.07) is -1.03. The maximum Gasteiger partial charge on any atom is 0.326 e. The van der Waals surface area contributed by atoms with Crippen LogP contribution in [0.1, 0.15) is 27.4 Å². The highest BCUT2D eigenvalue weighted by Crippen LogP contribution is 2.10. The van der Waals surface area contributed by atoms with Crippen molar-refractivity contribution in [2.45, 2.75) is 26.3 Å². The Bertz CT molecular complexity index is 598. The lowest BCUT2D eigenvalue weighted by atomic mass is 10.1. The summed E-state index contributed by atoms with van der Waals surface area (Å²) in [4.78, 5) is 30.0. The van der Waals surface area contributed by atoms with E-state index in [2.05, 4.69) is 25.5 Å². The van der Waals surface area contributed by atoms with Crippen LogP contribution in [0.3, 0.4) is 0 Å². The van der Waals surface area contributed by atoms with Gasteiger partial charge in [0.1, 0.15) is 6.04 Å². The molecule has 106 valence electrons. The number of hydrogen-bond acceptors (Lipinski definition) is 4. The van der Waals surface area contributed by atoms with Gasteiger partial charge < -0.3 is 15.4 Å². The van der Waals surface area contributed by atoms with E-state index in [1.807, 2.05) is 0 Å². The van der Waals surface area contributed by atoms with Crippen LogP contribution in [0, 0.1) is 13.8 Å². The lowest BCUT2D eigenvalue weighted by Gasteiger charge is -2.13. The molecule has 4 N–H and O–H groups in total. The Kier molecular flexibility index (Phi) is 3.83. The highest BCUT2D eigenvalue weighted by molar-refractivity contribution is 5.98. The SMILES string of the molecule is Cc1n[nH]c(C)c1C(=O)N[C@H](Cc1cnc[nH]1)C(=O)O. The Balaban J connectivity index is 2.12. The summed E-state index contributed by atoms with van der Waals surface area (Å²) < 4.78 is 0. The summed E-state index contributed by atoms with van der Waals surface area (Å²) in [5.74, 6) is -1.56. The number of aromatic amines is 2. The molecule has 1 atom stereocenters. The molecule has 0 bridgehead atoms. The smallest absolute Gasteiger partial charge is 0.326 e. The van der Waals surface area contributed by atoms with E-state index in [0.29, 0.717) is 22.6 Å². The third kappa shape index (κ3) is 2.85. The second kappa shape index (κ2) is 5.55. The van der Waals surface area contributed by atoms with E-state index in [-0.39, 0.29) is 6.42 Å². The average Bonchev–Trinajstić information content (AvgIpc) is 2.98. The van der Waals surface area contributed by atoms with Gasteiger partial charge in [-0.25, -0.2) is 9.78 Å². The molecular formula is C12H15N5O3. The zero-order valence-electron chi connectivity index (χ0n) is 11.1. The first-order chi connectivity index (χ1) is 9.49. The van der Waals surface area contributed by atoms with Crippen LogP contribution in [0.15, 0.2) is 12.5 Å². The standard InChI is InChI=1S/C12H15N5O3/c1-6-10(7(2)17-16-6)11(18)15-9(12(19)20)3-8-4-13-5-14-8/h4-5,9H,3H2,1-2H3,(H,13,14)(H,15,18)(H,16,17)(H,19,20)/t9-/m1/s1. The largest absolute Gasteiger partial charge is 0.480 e. The third-order valence-electron chi connectivity index (χ3n) is 2.94. The highest BCUT2D eigenvalue weighted by atomic mass is 16.4. The molecule has 2 aromatic rings. The lowest BCUT2D eigenvalue weighted by Crippen LogP contribution is -2.42. The minimum Gasteiger partial charge on any atom is -0.480 e. The van der Waals surface area contributed by atoms with Gasteiger partial charge in [0.05, 0.1) is 17.6 Å². The molecule has 0 spiro atoms. The topological polar surface area (TPSA) is 124 Å². The molecule has 0 aliphatic rings. The fourth-order valence-corrected chi connectivity index (χ4v) is 1.93. The molecule has 2 heterocycles. The molecule has 20 heavy (non-hydrogen) atoms. The minimum absolute atomic E-state index is 0.136. The number of carbonyl (C=O) groups excluding carboxylic acids is 1. The number of aliphatic carboxylic acids is 1. The van der Waals surface area contributed by atoms with Crippen molar-refractivity contribution in [3.63, 3.8) is 0 Å². The lowest BCUT2D eigenvalue weighted by molar-refractivity contribution is -0.139. The number of nitrogens with zero attached hydrogens (tertiary/aromatic N) is 2. The maximum atomic E-state index is 12.1. The van der Waals surface area contributed by atoms with Crippen molar-refractivity contribution in [1.29, 1.82) is 0 Å².